The third-order valence-electron chi connectivity index (χ3n) is 3.91. The Balaban J connectivity index is 3.26. The van der Waals surface area contributed by atoms with Gasteiger partial charge in [-0.05, 0) is 12.2 Å². The van der Waals surface area contributed by atoms with Gasteiger partial charge in [-0.2, -0.15) is 11.8 Å². The Hall–Kier alpha value is 0.190. The van der Waals surface area contributed by atoms with Crippen molar-refractivity contribution in [3.8, 4) is 0 Å². The molecule has 0 aromatic rings. The number of hydrogen-bond acceptors (Lipinski definition) is 5. The van der Waals surface area contributed by atoms with Crippen molar-refractivity contribution >= 4 is 11.8 Å². The van der Waals surface area contributed by atoms with Crippen LogP contribution in [-0.4, -0.2) is 56.9 Å². The van der Waals surface area contributed by atoms with Crippen molar-refractivity contribution in [2.75, 3.05) is 18.1 Å². The fraction of sp³-hybridized carbons (Fsp3) is 1.00. The number of aliphatic hydroxyl groups excluding tert-OH is 4. The van der Waals surface area contributed by atoms with E-state index in [2.05, 4.69) is 6.92 Å². The van der Waals surface area contributed by atoms with Gasteiger partial charge in [0.1, 0.15) is 12.2 Å². The summed E-state index contributed by atoms with van der Waals surface area (Å²) in [5.41, 5.74) is 0. The first kappa shape index (κ1) is 22.2. The molecule has 4 N–H and O–H groups in total. The molecule has 0 aliphatic heterocycles. The Morgan fingerprint density at radius 1 is 0.727 bits per heavy atom. The average molecular weight is 337 g/mol. The number of aliphatic hydroxyl groups is 4. The molecule has 22 heavy (non-hydrogen) atoms. The van der Waals surface area contributed by atoms with Crippen molar-refractivity contribution in [2.45, 2.75) is 89.4 Å². The maximum atomic E-state index is 9.64. The molecule has 0 aliphatic carbocycles. The summed E-state index contributed by atoms with van der Waals surface area (Å²) in [6, 6.07) is 0. The van der Waals surface area contributed by atoms with E-state index in [-0.39, 0.29) is 0 Å². The molecule has 0 radical (unpaired) electrons. The van der Waals surface area contributed by atoms with Crippen LogP contribution in [0.4, 0.5) is 0 Å². The van der Waals surface area contributed by atoms with Crippen LogP contribution in [0.1, 0.15) is 71.1 Å². The van der Waals surface area contributed by atoms with Gasteiger partial charge in [-0.25, -0.2) is 0 Å². The molecule has 0 saturated carbocycles. The van der Waals surface area contributed by atoms with Gasteiger partial charge >= 0.3 is 0 Å². The van der Waals surface area contributed by atoms with Crippen molar-refractivity contribution in [1.29, 1.82) is 0 Å². The Morgan fingerprint density at radius 3 is 1.73 bits per heavy atom. The summed E-state index contributed by atoms with van der Waals surface area (Å²) in [6.07, 6.45) is 9.61. The fourth-order valence-electron chi connectivity index (χ4n) is 2.36. The van der Waals surface area contributed by atoms with E-state index in [0.29, 0.717) is 5.75 Å². The molecule has 0 bridgehead atoms. The van der Waals surface area contributed by atoms with Crippen LogP contribution in [0.15, 0.2) is 0 Å². The van der Waals surface area contributed by atoms with Gasteiger partial charge in [0.25, 0.3) is 0 Å². The molecule has 0 aromatic carbocycles. The average Bonchev–Trinajstić information content (AvgIpc) is 2.54. The lowest BCUT2D eigenvalue weighted by Crippen LogP contribution is -2.40. The van der Waals surface area contributed by atoms with Gasteiger partial charge in [0.15, 0.2) is 0 Å². The van der Waals surface area contributed by atoms with Crippen LogP contribution in [0.5, 0.6) is 0 Å². The summed E-state index contributed by atoms with van der Waals surface area (Å²) in [6.45, 7) is 1.72. The largest absolute Gasteiger partial charge is 0.394 e. The monoisotopic (exact) mass is 336 g/mol. The van der Waals surface area contributed by atoms with E-state index in [4.69, 9.17) is 5.11 Å². The molecule has 0 rings (SSSR count). The number of hydrogen-bond donors (Lipinski definition) is 4. The third-order valence-corrected chi connectivity index (χ3v) is 5.06. The van der Waals surface area contributed by atoms with Crippen LogP contribution in [0, 0.1) is 0 Å². The SMILES string of the molecule is CCCCCCCCCCCCSC[C@@H](O)[C@@H](O)[C@H](O)CO. The van der Waals surface area contributed by atoms with Gasteiger partial charge in [-0.3, -0.25) is 0 Å². The third kappa shape index (κ3) is 12.7. The van der Waals surface area contributed by atoms with E-state index < -0.39 is 24.9 Å². The van der Waals surface area contributed by atoms with E-state index in [1.54, 1.807) is 11.8 Å². The Bertz CT molecular complexity index is 229. The predicted octanol–water partition coefficient (Wildman–Crippen LogP) is 2.72. The van der Waals surface area contributed by atoms with Crippen LogP contribution >= 0.6 is 11.8 Å². The van der Waals surface area contributed by atoms with E-state index in [0.717, 1.165) is 12.2 Å². The molecular weight excluding hydrogens is 300 g/mol. The summed E-state index contributed by atoms with van der Waals surface area (Å²) < 4.78 is 0. The molecule has 0 spiro atoms. The molecule has 3 atom stereocenters. The molecule has 4 nitrogen and oxygen atoms in total. The highest BCUT2D eigenvalue weighted by molar-refractivity contribution is 7.99. The highest BCUT2D eigenvalue weighted by Gasteiger charge is 2.23. The normalized spacial score (nSPS) is 15.7. The molecule has 0 aliphatic rings. The zero-order valence-electron chi connectivity index (χ0n) is 14.1. The van der Waals surface area contributed by atoms with Crippen molar-refractivity contribution in [3.05, 3.63) is 0 Å². The lowest BCUT2D eigenvalue weighted by molar-refractivity contribution is -0.0683. The maximum absolute atomic E-state index is 9.64. The van der Waals surface area contributed by atoms with Crippen LogP contribution in [0.25, 0.3) is 0 Å². The zero-order chi connectivity index (χ0) is 16.6. The lowest BCUT2D eigenvalue weighted by atomic mass is 10.1. The summed E-state index contributed by atoms with van der Waals surface area (Å²) in [4.78, 5) is 0. The summed E-state index contributed by atoms with van der Waals surface area (Å²) in [5.74, 6) is 1.37. The summed E-state index contributed by atoms with van der Waals surface area (Å²) in [5, 5.41) is 37.0. The molecule has 0 fully saturated rings. The van der Waals surface area contributed by atoms with Crippen LogP contribution < -0.4 is 0 Å². The Labute approximate surface area is 140 Å². The van der Waals surface area contributed by atoms with Crippen molar-refractivity contribution in [3.63, 3.8) is 0 Å². The van der Waals surface area contributed by atoms with E-state index in [1.165, 1.54) is 57.8 Å². The fourth-order valence-corrected chi connectivity index (χ4v) is 3.37. The van der Waals surface area contributed by atoms with Gasteiger partial charge in [-0.15, -0.1) is 0 Å². The first-order valence-corrected chi connectivity index (χ1v) is 10.0. The minimum Gasteiger partial charge on any atom is -0.394 e. The van der Waals surface area contributed by atoms with Gasteiger partial charge < -0.3 is 20.4 Å². The first-order chi connectivity index (χ1) is 10.6. The number of rotatable bonds is 16. The number of thioether (sulfide) groups is 1. The van der Waals surface area contributed by atoms with Crippen molar-refractivity contribution in [2.24, 2.45) is 0 Å². The second-order valence-corrected chi connectivity index (χ2v) is 7.21. The van der Waals surface area contributed by atoms with Crippen molar-refractivity contribution in [1.82, 2.24) is 0 Å². The van der Waals surface area contributed by atoms with Crippen LogP contribution in [-0.2, 0) is 0 Å². The zero-order valence-corrected chi connectivity index (χ0v) is 14.9. The van der Waals surface area contributed by atoms with E-state index in [1.807, 2.05) is 0 Å². The Morgan fingerprint density at radius 2 is 1.23 bits per heavy atom. The lowest BCUT2D eigenvalue weighted by Gasteiger charge is -2.21. The standard InChI is InChI=1S/C17H36O4S/c1-2-3-4-5-6-7-8-9-10-11-12-22-14-16(20)17(21)15(19)13-18/h15-21H,2-14H2,1H3/t15-,16-,17+/m1/s1. The van der Waals surface area contributed by atoms with E-state index >= 15 is 0 Å². The van der Waals surface area contributed by atoms with Gasteiger partial charge in [-0.1, -0.05) is 64.7 Å². The second-order valence-electron chi connectivity index (χ2n) is 6.06. The van der Waals surface area contributed by atoms with Crippen LogP contribution in [0.3, 0.4) is 0 Å². The summed E-state index contributed by atoms with van der Waals surface area (Å²) >= 11 is 1.59. The first-order valence-electron chi connectivity index (χ1n) is 8.86. The van der Waals surface area contributed by atoms with Gasteiger partial charge in [0.2, 0.25) is 0 Å². The molecular formula is C17H36O4S. The number of unbranched alkanes of at least 4 members (excludes halogenated alkanes) is 9. The topological polar surface area (TPSA) is 80.9 Å². The van der Waals surface area contributed by atoms with Crippen LogP contribution in [0.2, 0.25) is 0 Å². The summed E-state index contributed by atoms with van der Waals surface area (Å²) in [7, 11) is 0. The molecule has 0 saturated heterocycles. The molecule has 0 amide bonds. The minimum atomic E-state index is -1.26. The van der Waals surface area contributed by atoms with Gasteiger partial charge in [0.05, 0.1) is 12.7 Å². The minimum absolute atomic E-state index is 0.398. The quantitative estimate of drug-likeness (QED) is 0.326. The molecule has 0 unspecified atom stereocenters. The smallest absolute Gasteiger partial charge is 0.109 e. The van der Waals surface area contributed by atoms with Crippen molar-refractivity contribution < 1.29 is 20.4 Å². The maximum Gasteiger partial charge on any atom is 0.109 e. The highest BCUT2D eigenvalue weighted by Crippen LogP contribution is 2.14. The highest BCUT2D eigenvalue weighted by atomic mass is 32.2. The second kappa shape index (κ2) is 16.1. The molecule has 134 valence electrons. The predicted molar refractivity (Wildman–Crippen MR) is 94.3 cm³/mol. The molecule has 0 heterocycles. The molecule has 0 aromatic heterocycles. The van der Waals surface area contributed by atoms with E-state index in [9.17, 15) is 15.3 Å². The van der Waals surface area contributed by atoms with Gasteiger partial charge in [0, 0.05) is 5.75 Å². The Kier molecular flexibility index (Phi) is 16.2. The molecule has 5 heteroatoms.